The van der Waals surface area contributed by atoms with Crippen LogP contribution in [0.3, 0.4) is 0 Å². The molecule has 0 bridgehead atoms. The molecular weight excluding hydrogens is 266 g/mol. The number of anilines is 2. The number of rotatable bonds is 5. The Morgan fingerprint density at radius 3 is 2.68 bits per heavy atom. The highest BCUT2D eigenvalue weighted by Crippen LogP contribution is 2.24. The standard InChI is InChI=1S/C11H17N5O2S/c1-5(9(17)15-6-3-4-6)14-10(18)7-8(12)16-11(13-2)19-7/h5-6H,3-4,12H2,1-2H3,(H,13,16)(H,14,18)(H,15,17). The fourth-order valence-corrected chi connectivity index (χ4v) is 2.22. The lowest BCUT2D eigenvalue weighted by molar-refractivity contribution is -0.122. The number of aromatic nitrogens is 1. The summed E-state index contributed by atoms with van der Waals surface area (Å²) >= 11 is 1.16. The van der Waals surface area contributed by atoms with E-state index in [0.717, 1.165) is 24.2 Å². The zero-order chi connectivity index (χ0) is 14.0. The number of nitrogens with two attached hydrogens (primary N) is 1. The van der Waals surface area contributed by atoms with Crippen molar-refractivity contribution in [2.45, 2.75) is 31.8 Å². The third kappa shape index (κ3) is 3.34. The second-order valence-corrected chi connectivity index (χ2v) is 5.46. The van der Waals surface area contributed by atoms with Gasteiger partial charge in [0.05, 0.1) is 0 Å². The number of carbonyl (C=O) groups excluding carboxylic acids is 2. The molecule has 104 valence electrons. The van der Waals surface area contributed by atoms with Gasteiger partial charge in [0.2, 0.25) is 5.91 Å². The summed E-state index contributed by atoms with van der Waals surface area (Å²) in [6.45, 7) is 1.64. The predicted octanol–water partition coefficient (Wildman–Crippen LogP) is 0.164. The van der Waals surface area contributed by atoms with E-state index in [9.17, 15) is 9.59 Å². The van der Waals surface area contributed by atoms with Crippen molar-refractivity contribution in [2.75, 3.05) is 18.1 Å². The first-order chi connectivity index (χ1) is 9.01. The van der Waals surface area contributed by atoms with Crippen LogP contribution >= 0.6 is 11.3 Å². The van der Waals surface area contributed by atoms with E-state index in [1.165, 1.54) is 0 Å². The molecule has 8 heteroatoms. The number of nitrogen functional groups attached to an aromatic ring is 1. The van der Waals surface area contributed by atoms with Gasteiger partial charge in [-0.3, -0.25) is 9.59 Å². The monoisotopic (exact) mass is 283 g/mol. The van der Waals surface area contributed by atoms with Crippen LogP contribution in [0.2, 0.25) is 0 Å². The smallest absolute Gasteiger partial charge is 0.265 e. The van der Waals surface area contributed by atoms with Crippen molar-refractivity contribution in [3.05, 3.63) is 4.88 Å². The van der Waals surface area contributed by atoms with Gasteiger partial charge in [-0.1, -0.05) is 11.3 Å². The maximum absolute atomic E-state index is 12.0. The molecule has 0 saturated heterocycles. The van der Waals surface area contributed by atoms with Crippen molar-refractivity contribution in [1.29, 1.82) is 0 Å². The van der Waals surface area contributed by atoms with E-state index in [2.05, 4.69) is 20.9 Å². The lowest BCUT2D eigenvalue weighted by atomic mass is 10.3. The number of amides is 2. The molecule has 1 unspecified atom stereocenters. The molecule has 1 aromatic heterocycles. The van der Waals surface area contributed by atoms with Crippen LogP contribution in [0.25, 0.3) is 0 Å². The Kier molecular flexibility index (Phi) is 3.89. The zero-order valence-corrected chi connectivity index (χ0v) is 11.6. The molecule has 0 aromatic carbocycles. The number of hydrogen-bond donors (Lipinski definition) is 4. The number of nitrogens with zero attached hydrogens (tertiary/aromatic N) is 1. The Labute approximate surface area is 115 Å². The highest BCUT2D eigenvalue weighted by Gasteiger charge is 2.27. The van der Waals surface area contributed by atoms with E-state index in [-0.39, 0.29) is 23.7 Å². The van der Waals surface area contributed by atoms with Gasteiger partial charge in [-0.2, -0.15) is 0 Å². The minimum Gasteiger partial charge on any atom is -0.382 e. The maximum Gasteiger partial charge on any atom is 0.265 e. The SMILES string of the molecule is CNc1nc(N)c(C(=O)NC(C)C(=O)NC2CC2)s1. The molecule has 1 aliphatic rings. The first-order valence-corrected chi connectivity index (χ1v) is 6.88. The van der Waals surface area contributed by atoms with Gasteiger partial charge in [0.25, 0.3) is 5.91 Å². The van der Waals surface area contributed by atoms with Crippen molar-refractivity contribution < 1.29 is 9.59 Å². The average molecular weight is 283 g/mol. The van der Waals surface area contributed by atoms with Gasteiger partial charge in [0, 0.05) is 13.1 Å². The van der Waals surface area contributed by atoms with Gasteiger partial charge in [-0.15, -0.1) is 0 Å². The highest BCUT2D eigenvalue weighted by atomic mass is 32.1. The van der Waals surface area contributed by atoms with Gasteiger partial charge in [-0.25, -0.2) is 4.98 Å². The zero-order valence-electron chi connectivity index (χ0n) is 10.8. The molecule has 1 aliphatic carbocycles. The van der Waals surface area contributed by atoms with Crippen LogP contribution in [0, 0.1) is 0 Å². The molecule has 0 aliphatic heterocycles. The number of carbonyl (C=O) groups is 2. The number of nitrogens with one attached hydrogen (secondary N) is 3. The minimum atomic E-state index is -0.590. The Hall–Kier alpha value is -1.83. The topological polar surface area (TPSA) is 109 Å². The molecule has 1 fully saturated rings. The number of hydrogen-bond acceptors (Lipinski definition) is 6. The van der Waals surface area contributed by atoms with Gasteiger partial charge < -0.3 is 21.7 Å². The van der Waals surface area contributed by atoms with E-state index in [4.69, 9.17) is 5.73 Å². The van der Waals surface area contributed by atoms with E-state index in [1.807, 2.05) is 0 Å². The fraction of sp³-hybridized carbons (Fsp3) is 0.545. The summed E-state index contributed by atoms with van der Waals surface area (Å²) in [4.78, 5) is 28.0. The molecule has 0 radical (unpaired) electrons. The molecule has 1 heterocycles. The van der Waals surface area contributed by atoms with Crippen LogP contribution < -0.4 is 21.7 Å². The van der Waals surface area contributed by atoms with Gasteiger partial charge >= 0.3 is 0 Å². The van der Waals surface area contributed by atoms with Gasteiger partial charge in [0.15, 0.2) is 5.13 Å². The van der Waals surface area contributed by atoms with E-state index in [0.29, 0.717) is 10.0 Å². The van der Waals surface area contributed by atoms with Gasteiger partial charge in [0.1, 0.15) is 16.7 Å². The van der Waals surface area contributed by atoms with Crippen LogP contribution in [-0.2, 0) is 4.79 Å². The second kappa shape index (κ2) is 5.43. The number of thiazole rings is 1. The van der Waals surface area contributed by atoms with Crippen molar-refractivity contribution in [1.82, 2.24) is 15.6 Å². The summed E-state index contributed by atoms with van der Waals surface area (Å²) in [6, 6.07) is -0.316. The third-order valence-corrected chi connectivity index (χ3v) is 3.83. The Balaban J connectivity index is 1.95. The molecule has 5 N–H and O–H groups in total. The minimum absolute atomic E-state index is 0.168. The normalized spacial score (nSPS) is 15.7. The Bertz CT molecular complexity index is 497. The van der Waals surface area contributed by atoms with Crippen LogP contribution in [0.15, 0.2) is 0 Å². The first kappa shape index (κ1) is 13.6. The van der Waals surface area contributed by atoms with Crippen molar-refractivity contribution in [3.8, 4) is 0 Å². The van der Waals surface area contributed by atoms with Gasteiger partial charge in [-0.05, 0) is 19.8 Å². The van der Waals surface area contributed by atoms with Crippen molar-refractivity contribution in [2.24, 2.45) is 0 Å². The van der Waals surface area contributed by atoms with E-state index < -0.39 is 6.04 Å². The highest BCUT2D eigenvalue weighted by molar-refractivity contribution is 7.18. The molecule has 1 saturated carbocycles. The van der Waals surface area contributed by atoms with Crippen molar-refractivity contribution >= 4 is 34.1 Å². The second-order valence-electron chi connectivity index (χ2n) is 4.46. The quantitative estimate of drug-likeness (QED) is 0.615. The van der Waals surface area contributed by atoms with Crippen LogP contribution in [0.5, 0.6) is 0 Å². The molecule has 2 rings (SSSR count). The summed E-state index contributed by atoms with van der Waals surface area (Å²) in [7, 11) is 1.70. The molecular formula is C11H17N5O2S. The van der Waals surface area contributed by atoms with Crippen LogP contribution in [0.4, 0.5) is 10.9 Å². The predicted molar refractivity (Wildman–Crippen MR) is 74.2 cm³/mol. The molecule has 1 aromatic rings. The summed E-state index contributed by atoms with van der Waals surface area (Å²) in [5.74, 6) is -0.385. The summed E-state index contributed by atoms with van der Waals surface area (Å²) in [5.41, 5.74) is 5.66. The largest absolute Gasteiger partial charge is 0.382 e. The lowest BCUT2D eigenvalue weighted by Gasteiger charge is -2.13. The Morgan fingerprint density at radius 2 is 2.16 bits per heavy atom. The third-order valence-electron chi connectivity index (χ3n) is 2.74. The Morgan fingerprint density at radius 1 is 1.47 bits per heavy atom. The molecule has 1 atom stereocenters. The first-order valence-electron chi connectivity index (χ1n) is 6.06. The average Bonchev–Trinajstić information content (AvgIpc) is 3.09. The lowest BCUT2D eigenvalue weighted by Crippen LogP contribution is -2.45. The molecule has 19 heavy (non-hydrogen) atoms. The molecule has 7 nitrogen and oxygen atoms in total. The van der Waals surface area contributed by atoms with E-state index in [1.54, 1.807) is 14.0 Å². The van der Waals surface area contributed by atoms with Crippen LogP contribution in [-0.4, -0.2) is 35.9 Å². The molecule has 2 amide bonds. The van der Waals surface area contributed by atoms with E-state index >= 15 is 0 Å². The summed E-state index contributed by atoms with van der Waals surface area (Å²) in [6.07, 6.45) is 2.03. The summed E-state index contributed by atoms with van der Waals surface area (Å²) in [5, 5.41) is 8.84. The van der Waals surface area contributed by atoms with Crippen molar-refractivity contribution in [3.63, 3.8) is 0 Å². The maximum atomic E-state index is 12.0. The molecule has 0 spiro atoms. The van der Waals surface area contributed by atoms with Crippen LogP contribution in [0.1, 0.15) is 29.4 Å². The fourth-order valence-electron chi connectivity index (χ4n) is 1.48. The summed E-state index contributed by atoms with van der Waals surface area (Å²) < 4.78 is 0.